The molecule has 0 unspecified atom stereocenters. The molecule has 0 amide bonds. The second-order valence-electron chi connectivity index (χ2n) is 4.10. The van der Waals surface area contributed by atoms with Gasteiger partial charge >= 0.3 is 5.97 Å². The first-order valence-electron chi connectivity index (χ1n) is 5.53. The molecule has 4 nitrogen and oxygen atoms in total. The number of nitrogens with two attached hydrogens (primary N) is 1. The van der Waals surface area contributed by atoms with E-state index in [9.17, 15) is 13.6 Å². The minimum absolute atomic E-state index is 0.0610. The molecule has 4 N–H and O–H groups in total. The second-order valence-corrected chi connectivity index (χ2v) is 5.42. The molecule has 21 heavy (non-hydrogen) atoms. The Balaban J connectivity index is 2.57. The standard InChI is InChI=1S/C13H8BrClF2N2O2/c14-5-1-9(16)12(10(17)2-5)19-11-7(13(20)21)3-6(18)4-8(11)15/h1-4,19H,18H2,(H,20,21). The SMILES string of the molecule is Nc1cc(Cl)c(Nc2c(F)cc(Br)cc2F)c(C(=O)O)c1. The van der Waals surface area contributed by atoms with Crippen molar-refractivity contribution in [2.45, 2.75) is 0 Å². The summed E-state index contributed by atoms with van der Waals surface area (Å²) in [5, 5.41) is 11.4. The fraction of sp³-hybridized carbons (Fsp3) is 0. The number of anilines is 3. The third kappa shape index (κ3) is 3.25. The molecule has 0 saturated carbocycles. The summed E-state index contributed by atoms with van der Waals surface area (Å²) in [6.07, 6.45) is 0. The molecule has 0 bridgehead atoms. The van der Waals surface area contributed by atoms with Crippen LogP contribution >= 0.6 is 27.5 Å². The zero-order chi connectivity index (χ0) is 15.7. The first-order valence-corrected chi connectivity index (χ1v) is 6.70. The molecule has 0 aromatic heterocycles. The van der Waals surface area contributed by atoms with Crippen molar-refractivity contribution in [2.24, 2.45) is 0 Å². The van der Waals surface area contributed by atoms with Gasteiger partial charge in [0.25, 0.3) is 0 Å². The van der Waals surface area contributed by atoms with Crippen LogP contribution in [0.1, 0.15) is 10.4 Å². The summed E-state index contributed by atoms with van der Waals surface area (Å²) < 4.78 is 27.8. The number of benzene rings is 2. The van der Waals surface area contributed by atoms with E-state index >= 15 is 0 Å². The van der Waals surface area contributed by atoms with E-state index in [0.29, 0.717) is 0 Å². The van der Waals surface area contributed by atoms with Gasteiger partial charge in [-0.3, -0.25) is 0 Å². The van der Waals surface area contributed by atoms with Crippen molar-refractivity contribution >= 4 is 50.6 Å². The highest BCUT2D eigenvalue weighted by Gasteiger charge is 2.18. The van der Waals surface area contributed by atoms with Gasteiger partial charge in [0.1, 0.15) is 5.69 Å². The molecule has 0 aliphatic heterocycles. The predicted octanol–water partition coefficient (Wildman–Crippen LogP) is 4.40. The lowest BCUT2D eigenvalue weighted by Crippen LogP contribution is -2.07. The molecule has 2 aromatic carbocycles. The van der Waals surface area contributed by atoms with E-state index in [1.165, 1.54) is 6.07 Å². The molecular weight excluding hydrogens is 370 g/mol. The van der Waals surface area contributed by atoms with Gasteiger partial charge in [0, 0.05) is 10.2 Å². The molecule has 0 heterocycles. The van der Waals surface area contributed by atoms with Crippen molar-refractivity contribution in [3.8, 4) is 0 Å². The number of carboxylic acid groups (broad SMARTS) is 1. The maximum Gasteiger partial charge on any atom is 0.337 e. The average molecular weight is 378 g/mol. The Kier molecular flexibility index (Phi) is 4.34. The van der Waals surface area contributed by atoms with Gasteiger partial charge < -0.3 is 16.2 Å². The van der Waals surface area contributed by atoms with Crippen molar-refractivity contribution in [3.05, 3.63) is 51.0 Å². The van der Waals surface area contributed by atoms with Crippen molar-refractivity contribution in [1.82, 2.24) is 0 Å². The number of rotatable bonds is 3. The Hall–Kier alpha value is -1.86. The molecule has 0 aliphatic rings. The van der Waals surface area contributed by atoms with Crippen LogP contribution in [-0.4, -0.2) is 11.1 Å². The number of aromatic carboxylic acids is 1. The minimum Gasteiger partial charge on any atom is -0.478 e. The first-order chi connectivity index (χ1) is 9.79. The largest absolute Gasteiger partial charge is 0.478 e. The number of carboxylic acids is 1. The molecular formula is C13H8BrClF2N2O2. The average Bonchev–Trinajstić information content (AvgIpc) is 2.34. The number of hydrogen-bond donors (Lipinski definition) is 3. The van der Waals surface area contributed by atoms with Gasteiger partial charge in [-0.25, -0.2) is 13.6 Å². The molecule has 0 radical (unpaired) electrons. The maximum atomic E-state index is 13.8. The van der Waals surface area contributed by atoms with E-state index in [4.69, 9.17) is 22.4 Å². The molecule has 0 saturated heterocycles. The Labute approximate surface area is 131 Å². The van der Waals surface area contributed by atoms with Crippen LogP contribution in [0.4, 0.5) is 25.8 Å². The number of nitrogens with one attached hydrogen (secondary N) is 1. The monoisotopic (exact) mass is 376 g/mol. The van der Waals surface area contributed by atoms with Crippen LogP contribution in [0, 0.1) is 11.6 Å². The summed E-state index contributed by atoms with van der Waals surface area (Å²) in [6.45, 7) is 0. The third-order valence-electron chi connectivity index (χ3n) is 2.60. The normalized spacial score (nSPS) is 10.5. The molecule has 110 valence electrons. The highest BCUT2D eigenvalue weighted by Crippen LogP contribution is 2.34. The smallest absolute Gasteiger partial charge is 0.337 e. The van der Waals surface area contributed by atoms with E-state index in [2.05, 4.69) is 21.2 Å². The number of hydrogen-bond acceptors (Lipinski definition) is 3. The van der Waals surface area contributed by atoms with Crippen LogP contribution in [0.15, 0.2) is 28.7 Å². The van der Waals surface area contributed by atoms with E-state index < -0.39 is 23.3 Å². The van der Waals surface area contributed by atoms with E-state index in [1.54, 1.807) is 0 Å². The summed E-state index contributed by atoms with van der Waals surface area (Å²) in [5.74, 6) is -3.12. The Morgan fingerprint density at radius 1 is 1.19 bits per heavy atom. The van der Waals surface area contributed by atoms with Gasteiger partial charge in [-0.05, 0) is 24.3 Å². The van der Waals surface area contributed by atoms with Gasteiger partial charge in [-0.1, -0.05) is 27.5 Å². The number of nitrogen functional groups attached to an aromatic ring is 1. The second kappa shape index (κ2) is 5.87. The zero-order valence-corrected chi connectivity index (χ0v) is 12.6. The summed E-state index contributed by atoms with van der Waals surface area (Å²) in [4.78, 5) is 11.2. The summed E-state index contributed by atoms with van der Waals surface area (Å²) >= 11 is 8.85. The molecule has 2 rings (SSSR count). The molecule has 8 heteroatoms. The lowest BCUT2D eigenvalue weighted by atomic mass is 10.1. The van der Waals surface area contributed by atoms with Crippen molar-refractivity contribution in [1.29, 1.82) is 0 Å². The highest BCUT2D eigenvalue weighted by molar-refractivity contribution is 9.10. The number of carbonyl (C=O) groups is 1. The van der Waals surface area contributed by atoms with Crippen molar-refractivity contribution in [2.75, 3.05) is 11.1 Å². The molecule has 0 atom stereocenters. The molecule has 0 fully saturated rings. The number of halogens is 4. The van der Waals surface area contributed by atoms with Gasteiger partial charge in [-0.2, -0.15) is 0 Å². The fourth-order valence-corrected chi connectivity index (χ4v) is 2.39. The third-order valence-corrected chi connectivity index (χ3v) is 3.36. The van der Waals surface area contributed by atoms with Crippen LogP contribution < -0.4 is 11.1 Å². The van der Waals surface area contributed by atoms with Crippen LogP contribution in [-0.2, 0) is 0 Å². The summed E-state index contributed by atoms with van der Waals surface area (Å²) in [6, 6.07) is 4.50. The molecule has 0 spiro atoms. The van der Waals surface area contributed by atoms with Crippen molar-refractivity contribution < 1.29 is 18.7 Å². The van der Waals surface area contributed by atoms with Gasteiger partial charge in [0.05, 0.1) is 16.3 Å². The van der Waals surface area contributed by atoms with Crippen molar-refractivity contribution in [3.63, 3.8) is 0 Å². The van der Waals surface area contributed by atoms with Gasteiger partial charge in [0.2, 0.25) is 0 Å². The van der Waals surface area contributed by atoms with Crippen LogP contribution in [0.25, 0.3) is 0 Å². The highest BCUT2D eigenvalue weighted by atomic mass is 79.9. The zero-order valence-electron chi connectivity index (χ0n) is 10.3. The van der Waals surface area contributed by atoms with Crippen LogP contribution in [0.2, 0.25) is 5.02 Å². The van der Waals surface area contributed by atoms with E-state index in [0.717, 1.165) is 18.2 Å². The summed E-state index contributed by atoms with van der Waals surface area (Å²) in [5.41, 5.74) is 4.70. The van der Waals surface area contributed by atoms with Crippen LogP contribution in [0.5, 0.6) is 0 Å². The molecule has 0 aliphatic carbocycles. The van der Waals surface area contributed by atoms with Gasteiger partial charge in [-0.15, -0.1) is 0 Å². The van der Waals surface area contributed by atoms with E-state index in [1.807, 2.05) is 0 Å². The quantitative estimate of drug-likeness (QED) is 0.693. The summed E-state index contributed by atoms with van der Waals surface area (Å²) in [7, 11) is 0. The predicted molar refractivity (Wildman–Crippen MR) is 80.2 cm³/mol. The molecule has 2 aromatic rings. The lowest BCUT2D eigenvalue weighted by Gasteiger charge is -2.14. The Morgan fingerprint density at radius 2 is 1.76 bits per heavy atom. The lowest BCUT2D eigenvalue weighted by molar-refractivity contribution is 0.0698. The fourth-order valence-electron chi connectivity index (χ4n) is 1.71. The Morgan fingerprint density at radius 3 is 2.29 bits per heavy atom. The van der Waals surface area contributed by atoms with Crippen LogP contribution in [0.3, 0.4) is 0 Å². The minimum atomic E-state index is -1.33. The van der Waals surface area contributed by atoms with Gasteiger partial charge in [0.15, 0.2) is 11.6 Å². The topological polar surface area (TPSA) is 75.3 Å². The van der Waals surface area contributed by atoms with E-state index in [-0.39, 0.29) is 26.4 Å². The Bertz CT molecular complexity index is 717. The maximum absolute atomic E-state index is 13.8. The first kappa shape index (κ1) is 15.5.